The predicted molar refractivity (Wildman–Crippen MR) is 62.0 cm³/mol. The molecule has 90 valence electrons. The van der Waals surface area contributed by atoms with Gasteiger partial charge in [0.25, 0.3) is 0 Å². The van der Waals surface area contributed by atoms with E-state index in [1.807, 2.05) is 6.92 Å². The second-order valence-electron chi connectivity index (χ2n) is 4.50. The molecule has 0 bridgehead atoms. The number of nitrogens with zero attached hydrogens (tertiary/aromatic N) is 1. The van der Waals surface area contributed by atoms with Gasteiger partial charge < -0.3 is 9.84 Å². The fraction of sp³-hybridized carbons (Fsp3) is 1.00. The van der Waals surface area contributed by atoms with Crippen molar-refractivity contribution in [1.82, 2.24) is 4.90 Å². The lowest BCUT2D eigenvalue weighted by molar-refractivity contribution is 0.0117. The lowest BCUT2D eigenvalue weighted by Gasteiger charge is -2.29. The van der Waals surface area contributed by atoms with Gasteiger partial charge in [0.2, 0.25) is 0 Å². The van der Waals surface area contributed by atoms with Crippen LogP contribution in [0.1, 0.15) is 40.0 Å². The van der Waals surface area contributed by atoms with E-state index in [2.05, 4.69) is 18.7 Å². The third kappa shape index (κ3) is 3.74. The van der Waals surface area contributed by atoms with Gasteiger partial charge in [-0.3, -0.25) is 4.90 Å². The van der Waals surface area contributed by atoms with Gasteiger partial charge in [0.15, 0.2) is 0 Å². The first-order chi connectivity index (χ1) is 7.19. The van der Waals surface area contributed by atoms with E-state index in [0.717, 1.165) is 6.54 Å². The van der Waals surface area contributed by atoms with Crippen LogP contribution in [0.3, 0.4) is 0 Å². The average Bonchev–Trinajstić information content (AvgIpc) is 2.57. The van der Waals surface area contributed by atoms with Crippen molar-refractivity contribution in [3.63, 3.8) is 0 Å². The number of β-amino-alcohol motifs (C(OH)–C–C–N with tert-alkyl or cyclic N) is 1. The highest BCUT2D eigenvalue weighted by Gasteiger charge is 2.30. The predicted octanol–water partition coefficient (Wildman–Crippen LogP) is 1.65. The standard InChI is InChI=1S/C12H25NO2/c1-4-11-7-6-10(3)13(11)8-12(14)9-15-5-2/h10-12,14H,4-9H2,1-3H3. The van der Waals surface area contributed by atoms with Crippen LogP contribution in [0.2, 0.25) is 0 Å². The summed E-state index contributed by atoms with van der Waals surface area (Å²) >= 11 is 0. The normalized spacial score (nSPS) is 29.6. The van der Waals surface area contributed by atoms with E-state index in [1.165, 1.54) is 19.3 Å². The molecule has 1 fully saturated rings. The Kier molecular flexibility index (Phi) is 5.58. The van der Waals surface area contributed by atoms with Crippen molar-refractivity contribution in [2.45, 2.75) is 58.2 Å². The molecule has 3 atom stereocenters. The lowest BCUT2D eigenvalue weighted by atomic mass is 10.1. The Morgan fingerprint density at radius 3 is 2.73 bits per heavy atom. The van der Waals surface area contributed by atoms with Gasteiger partial charge in [0.05, 0.1) is 12.7 Å². The van der Waals surface area contributed by atoms with E-state index in [1.54, 1.807) is 0 Å². The van der Waals surface area contributed by atoms with E-state index in [-0.39, 0.29) is 6.10 Å². The summed E-state index contributed by atoms with van der Waals surface area (Å²) in [7, 11) is 0. The summed E-state index contributed by atoms with van der Waals surface area (Å²) in [5.74, 6) is 0. The van der Waals surface area contributed by atoms with E-state index in [0.29, 0.717) is 25.3 Å². The van der Waals surface area contributed by atoms with Crippen LogP contribution in [-0.4, -0.2) is 48.0 Å². The van der Waals surface area contributed by atoms with Crippen LogP contribution >= 0.6 is 0 Å². The molecule has 1 rings (SSSR count). The molecule has 1 heterocycles. The number of ether oxygens (including phenoxy) is 1. The van der Waals surface area contributed by atoms with Gasteiger partial charge in [-0.15, -0.1) is 0 Å². The summed E-state index contributed by atoms with van der Waals surface area (Å²) in [6.07, 6.45) is 3.39. The summed E-state index contributed by atoms with van der Waals surface area (Å²) in [6.45, 7) is 8.35. The molecule has 0 aromatic heterocycles. The highest BCUT2D eigenvalue weighted by atomic mass is 16.5. The topological polar surface area (TPSA) is 32.7 Å². The molecule has 1 aliphatic heterocycles. The number of likely N-dealkylation sites (tertiary alicyclic amines) is 1. The van der Waals surface area contributed by atoms with Crippen LogP contribution in [0.25, 0.3) is 0 Å². The first-order valence-electron chi connectivity index (χ1n) is 6.20. The van der Waals surface area contributed by atoms with Gasteiger partial charge in [0, 0.05) is 25.2 Å². The zero-order valence-corrected chi connectivity index (χ0v) is 10.3. The third-order valence-electron chi connectivity index (χ3n) is 3.36. The van der Waals surface area contributed by atoms with Crippen molar-refractivity contribution < 1.29 is 9.84 Å². The molecule has 3 heteroatoms. The molecule has 15 heavy (non-hydrogen) atoms. The van der Waals surface area contributed by atoms with Gasteiger partial charge >= 0.3 is 0 Å². The zero-order valence-electron chi connectivity index (χ0n) is 10.3. The molecule has 1 aliphatic rings. The largest absolute Gasteiger partial charge is 0.389 e. The minimum Gasteiger partial charge on any atom is -0.389 e. The fourth-order valence-corrected chi connectivity index (χ4v) is 2.44. The summed E-state index contributed by atoms with van der Waals surface area (Å²) in [4.78, 5) is 2.43. The Bertz CT molecular complexity index is 175. The smallest absolute Gasteiger partial charge is 0.0900 e. The Labute approximate surface area is 93.4 Å². The fourth-order valence-electron chi connectivity index (χ4n) is 2.44. The Balaban J connectivity index is 2.34. The van der Waals surface area contributed by atoms with Crippen molar-refractivity contribution in [3.8, 4) is 0 Å². The molecule has 1 N–H and O–H groups in total. The van der Waals surface area contributed by atoms with E-state index < -0.39 is 0 Å². The number of rotatable bonds is 6. The van der Waals surface area contributed by atoms with Crippen LogP contribution in [0, 0.1) is 0 Å². The molecular formula is C12H25NO2. The highest BCUT2D eigenvalue weighted by Crippen LogP contribution is 2.25. The van der Waals surface area contributed by atoms with Crippen LogP contribution in [0.4, 0.5) is 0 Å². The van der Waals surface area contributed by atoms with Crippen molar-refractivity contribution in [2.75, 3.05) is 19.8 Å². The minimum absolute atomic E-state index is 0.334. The van der Waals surface area contributed by atoms with E-state index in [4.69, 9.17) is 4.74 Å². The quantitative estimate of drug-likeness (QED) is 0.731. The molecular weight excluding hydrogens is 190 g/mol. The third-order valence-corrected chi connectivity index (χ3v) is 3.36. The molecule has 3 unspecified atom stereocenters. The summed E-state index contributed by atoms with van der Waals surface area (Å²) in [6, 6.07) is 1.28. The number of aliphatic hydroxyl groups excluding tert-OH is 1. The Hall–Kier alpha value is -0.120. The molecule has 0 radical (unpaired) electrons. The lowest BCUT2D eigenvalue weighted by Crippen LogP contribution is -2.41. The van der Waals surface area contributed by atoms with Crippen molar-refractivity contribution in [2.24, 2.45) is 0 Å². The average molecular weight is 215 g/mol. The second kappa shape index (κ2) is 6.46. The molecule has 0 saturated carbocycles. The summed E-state index contributed by atoms with van der Waals surface area (Å²) < 4.78 is 5.23. The van der Waals surface area contributed by atoms with Gasteiger partial charge in [-0.05, 0) is 33.1 Å². The van der Waals surface area contributed by atoms with Crippen molar-refractivity contribution in [1.29, 1.82) is 0 Å². The highest BCUT2D eigenvalue weighted by molar-refractivity contribution is 4.85. The molecule has 0 aliphatic carbocycles. The molecule has 0 aromatic rings. The van der Waals surface area contributed by atoms with Crippen LogP contribution < -0.4 is 0 Å². The van der Waals surface area contributed by atoms with Gasteiger partial charge in [-0.25, -0.2) is 0 Å². The number of hydrogen-bond donors (Lipinski definition) is 1. The molecule has 0 amide bonds. The maximum atomic E-state index is 9.81. The summed E-state index contributed by atoms with van der Waals surface area (Å²) in [5.41, 5.74) is 0. The molecule has 3 nitrogen and oxygen atoms in total. The second-order valence-corrected chi connectivity index (χ2v) is 4.50. The Morgan fingerprint density at radius 2 is 2.13 bits per heavy atom. The first kappa shape index (κ1) is 12.9. The molecule has 1 saturated heterocycles. The Morgan fingerprint density at radius 1 is 1.40 bits per heavy atom. The molecule has 0 aromatic carbocycles. The van der Waals surface area contributed by atoms with Crippen LogP contribution in [0.5, 0.6) is 0 Å². The maximum Gasteiger partial charge on any atom is 0.0900 e. The maximum absolute atomic E-state index is 9.81. The van der Waals surface area contributed by atoms with Gasteiger partial charge in [-0.2, -0.15) is 0 Å². The summed E-state index contributed by atoms with van der Waals surface area (Å²) in [5, 5.41) is 9.81. The van der Waals surface area contributed by atoms with Crippen LogP contribution in [-0.2, 0) is 4.74 Å². The van der Waals surface area contributed by atoms with Gasteiger partial charge in [-0.1, -0.05) is 6.92 Å². The van der Waals surface area contributed by atoms with E-state index in [9.17, 15) is 5.11 Å². The van der Waals surface area contributed by atoms with Gasteiger partial charge in [0.1, 0.15) is 0 Å². The van der Waals surface area contributed by atoms with Crippen molar-refractivity contribution in [3.05, 3.63) is 0 Å². The molecule has 0 spiro atoms. The van der Waals surface area contributed by atoms with Crippen molar-refractivity contribution >= 4 is 0 Å². The first-order valence-corrected chi connectivity index (χ1v) is 6.20. The van der Waals surface area contributed by atoms with E-state index >= 15 is 0 Å². The van der Waals surface area contributed by atoms with Crippen LogP contribution in [0.15, 0.2) is 0 Å². The zero-order chi connectivity index (χ0) is 11.3. The number of hydrogen-bond acceptors (Lipinski definition) is 3. The SMILES string of the molecule is CCOCC(O)CN1C(C)CCC1CC. The number of aliphatic hydroxyl groups is 1. The minimum atomic E-state index is -0.334. The monoisotopic (exact) mass is 215 g/mol.